The van der Waals surface area contributed by atoms with Crippen LogP contribution in [0.15, 0.2) is 35.9 Å². The van der Waals surface area contributed by atoms with Crippen LogP contribution in [0.3, 0.4) is 0 Å². The zero-order chi connectivity index (χ0) is 15.8. The molecule has 0 aromatic heterocycles. The zero-order valence-electron chi connectivity index (χ0n) is 13.9. The predicted molar refractivity (Wildman–Crippen MR) is 91.0 cm³/mol. The molecule has 2 nitrogen and oxygen atoms in total. The first-order valence-electron chi connectivity index (χ1n) is 8.69. The van der Waals surface area contributed by atoms with Gasteiger partial charge in [-0.3, -0.25) is 0 Å². The summed E-state index contributed by atoms with van der Waals surface area (Å²) >= 11 is 0. The Hall–Kier alpha value is -1.57. The van der Waals surface area contributed by atoms with Gasteiger partial charge in [-0.2, -0.15) is 0 Å². The first-order chi connectivity index (χ1) is 10.7. The van der Waals surface area contributed by atoms with Crippen LogP contribution in [0.4, 0.5) is 0 Å². The van der Waals surface area contributed by atoms with Gasteiger partial charge in [-0.05, 0) is 56.1 Å². The van der Waals surface area contributed by atoms with Gasteiger partial charge in [0.05, 0.1) is 6.61 Å². The molecule has 1 aromatic carbocycles. The standard InChI is InChI=1S/C20H28O2/c1-3-5-6-7-16-8-10-17(11-9-16)18-12-14-19(15-13-18)20(21)22-4-2/h8-11,14,18H,3-7,12-13,15H2,1-2H3. The van der Waals surface area contributed by atoms with Gasteiger partial charge in [0.15, 0.2) is 0 Å². The van der Waals surface area contributed by atoms with Gasteiger partial charge in [-0.1, -0.05) is 50.1 Å². The van der Waals surface area contributed by atoms with Crippen LogP contribution in [0.1, 0.15) is 69.4 Å². The molecule has 0 amide bonds. The Balaban J connectivity index is 1.89. The van der Waals surface area contributed by atoms with E-state index in [0.29, 0.717) is 12.5 Å². The Morgan fingerprint density at radius 2 is 1.95 bits per heavy atom. The Labute approximate surface area is 134 Å². The molecule has 0 aliphatic heterocycles. The van der Waals surface area contributed by atoms with Crippen LogP contribution in [0, 0.1) is 0 Å². The quantitative estimate of drug-likeness (QED) is 0.512. The van der Waals surface area contributed by atoms with E-state index in [-0.39, 0.29) is 5.97 Å². The number of allylic oxidation sites excluding steroid dienone is 1. The fourth-order valence-corrected chi connectivity index (χ4v) is 3.08. The maximum Gasteiger partial charge on any atom is 0.333 e. The van der Waals surface area contributed by atoms with Gasteiger partial charge < -0.3 is 4.74 Å². The minimum atomic E-state index is -0.132. The Morgan fingerprint density at radius 3 is 2.55 bits per heavy atom. The third-order valence-electron chi connectivity index (χ3n) is 4.47. The van der Waals surface area contributed by atoms with Gasteiger partial charge in [0, 0.05) is 5.57 Å². The third-order valence-corrected chi connectivity index (χ3v) is 4.47. The van der Waals surface area contributed by atoms with Crippen molar-refractivity contribution < 1.29 is 9.53 Å². The van der Waals surface area contributed by atoms with E-state index >= 15 is 0 Å². The maximum atomic E-state index is 11.7. The van der Waals surface area contributed by atoms with Crippen molar-refractivity contribution in [1.29, 1.82) is 0 Å². The topological polar surface area (TPSA) is 26.3 Å². The molecule has 0 N–H and O–H groups in total. The van der Waals surface area contributed by atoms with Crippen LogP contribution in [0.25, 0.3) is 0 Å². The van der Waals surface area contributed by atoms with Crippen LogP contribution in [0.5, 0.6) is 0 Å². The molecule has 0 radical (unpaired) electrons. The number of carbonyl (C=O) groups is 1. The van der Waals surface area contributed by atoms with Gasteiger partial charge in [-0.15, -0.1) is 0 Å². The monoisotopic (exact) mass is 300 g/mol. The molecule has 0 spiro atoms. The van der Waals surface area contributed by atoms with Crippen molar-refractivity contribution in [3.05, 3.63) is 47.0 Å². The van der Waals surface area contributed by atoms with Crippen molar-refractivity contribution in [2.45, 2.75) is 64.7 Å². The number of hydrogen-bond acceptors (Lipinski definition) is 2. The lowest BCUT2D eigenvalue weighted by Gasteiger charge is -2.21. The lowest BCUT2D eigenvalue weighted by atomic mass is 9.84. The molecule has 2 rings (SSSR count). The fraction of sp³-hybridized carbons (Fsp3) is 0.550. The number of benzene rings is 1. The molecule has 0 fully saturated rings. The average molecular weight is 300 g/mol. The van der Waals surface area contributed by atoms with E-state index in [1.807, 2.05) is 6.92 Å². The molecule has 22 heavy (non-hydrogen) atoms. The Morgan fingerprint density at radius 1 is 1.18 bits per heavy atom. The smallest absolute Gasteiger partial charge is 0.333 e. The number of hydrogen-bond donors (Lipinski definition) is 0. The summed E-state index contributed by atoms with van der Waals surface area (Å²) in [6, 6.07) is 9.09. The van der Waals surface area contributed by atoms with Crippen LogP contribution in [-0.2, 0) is 16.0 Å². The van der Waals surface area contributed by atoms with Crippen LogP contribution >= 0.6 is 0 Å². The SMILES string of the molecule is CCCCCc1ccc(C2CC=C(C(=O)OCC)CC2)cc1. The molecule has 1 aromatic rings. The molecule has 0 saturated heterocycles. The number of esters is 1. The molecule has 1 unspecified atom stereocenters. The highest BCUT2D eigenvalue weighted by atomic mass is 16.5. The lowest BCUT2D eigenvalue weighted by Crippen LogP contribution is -2.13. The van der Waals surface area contributed by atoms with Gasteiger partial charge in [0.25, 0.3) is 0 Å². The molecule has 1 aliphatic rings. The van der Waals surface area contributed by atoms with E-state index in [1.165, 1.54) is 36.8 Å². The molecule has 0 saturated carbocycles. The molecule has 0 heterocycles. The molecule has 2 heteroatoms. The molecule has 0 bridgehead atoms. The first-order valence-corrected chi connectivity index (χ1v) is 8.69. The lowest BCUT2D eigenvalue weighted by molar-refractivity contribution is -0.138. The molecule has 1 atom stereocenters. The van der Waals surface area contributed by atoms with Gasteiger partial charge in [0.2, 0.25) is 0 Å². The van der Waals surface area contributed by atoms with Gasteiger partial charge in [0.1, 0.15) is 0 Å². The molecular formula is C20H28O2. The van der Waals surface area contributed by atoms with Crippen LogP contribution in [0.2, 0.25) is 0 Å². The number of unbranched alkanes of at least 4 members (excludes halogenated alkanes) is 2. The Bertz CT molecular complexity index is 499. The van der Waals surface area contributed by atoms with Crippen LogP contribution < -0.4 is 0 Å². The van der Waals surface area contributed by atoms with E-state index in [4.69, 9.17) is 4.74 Å². The van der Waals surface area contributed by atoms with Crippen LogP contribution in [-0.4, -0.2) is 12.6 Å². The normalized spacial score (nSPS) is 17.9. The summed E-state index contributed by atoms with van der Waals surface area (Å²) in [6.45, 7) is 4.55. The summed E-state index contributed by atoms with van der Waals surface area (Å²) in [6.07, 6.45) is 9.95. The van der Waals surface area contributed by atoms with Crippen molar-refractivity contribution in [2.24, 2.45) is 0 Å². The number of rotatable bonds is 7. The third kappa shape index (κ3) is 4.72. The summed E-state index contributed by atoms with van der Waals surface area (Å²) in [4.78, 5) is 11.7. The van der Waals surface area contributed by atoms with Crippen molar-refractivity contribution in [3.63, 3.8) is 0 Å². The summed E-state index contributed by atoms with van der Waals surface area (Å²) in [5.74, 6) is 0.412. The summed E-state index contributed by atoms with van der Waals surface area (Å²) < 4.78 is 5.08. The van der Waals surface area contributed by atoms with E-state index in [0.717, 1.165) is 24.8 Å². The number of ether oxygens (including phenoxy) is 1. The second-order valence-corrected chi connectivity index (χ2v) is 6.12. The second kappa shape index (κ2) is 8.77. The molecular weight excluding hydrogens is 272 g/mol. The minimum absolute atomic E-state index is 0.132. The van der Waals surface area contributed by atoms with E-state index in [9.17, 15) is 4.79 Å². The molecule has 1 aliphatic carbocycles. The number of carbonyl (C=O) groups excluding carboxylic acids is 1. The fourth-order valence-electron chi connectivity index (χ4n) is 3.08. The largest absolute Gasteiger partial charge is 0.463 e. The van der Waals surface area contributed by atoms with Gasteiger partial charge >= 0.3 is 5.97 Å². The highest BCUT2D eigenvalue weighted by molar-refractivity contribution is 5.88. The predicted octanol–water partition coefficient (Wildman–Crippen LogP) is 5.18. The summed E-state index contributed by atoms with van der Waals surface area (Å²) in [7, 11) is 0. The van der Waals surface area contributed by atoms with Crippen molar-refractivity contribution >= 4 is 5.97 Å². The second-order valence-electron chi connectivity index (χ2n) is 6.12. The highest BCUT2D eigenvalue weighted by Crippen LogP contribution is 2.32. The van der Waals surface area contributed by atoms with E-state index in [1.54, 1.807) is 0 Å². The minimum Gasteiger partial charge on any atom is -0.463 e. The van der Waals surface area contributed by atoms with Crippen molar-refractivity contribution in [1.82, 2.24) is 0 Å². The first kappa shape index (κ1) is 16.8. The highest BCUT2D eigenvalue weighted by Gasteiger charge is 2.20. The summed E-state index contributed by atoms with van der Waals surface area (Å²) in [5, 5.41) is 0. The number of aryl methyl sites for hydroxylation is 1. The zero-order valence-corrected chi connectivity index (χ0v) is 13.9. The van der Waals surface area contributed by atoms with E-state index in [2.05, 4.69) is 37.3 Å². The Kier molecular flexibility index (Phi) is 6.70. The van der Waals surface area contributed by atoms with Gasteiger partial charge in [-0.25, -0.2) is 4.79 Å². The van der Waals surface area contributed by atoms with E-state index < -0.39 is 0 Å². The van der Waals surface area contributed by atoms with Crippen molar-refractivity contribution in [2.75, 3.05) is 6.61 Å². The molecule has 120 valence electrons. The maximum absolute atomic E-state index is 11.7. The van der Waals surface area contributed by atoms with Crippen molar-refractivity contribution in [3.8, 4) is 0 Å². The summed E-state index contributed by atoms with van der Waals surface area (Å²) in [5.41, 5.74) is 3.70. The average Bonchev–Trinajstić information content (AvgIpc) is 2.56.